The Hall–Kier alpha value is -1.66. The van der Waals surface area contributed by atoms with Crippen LogP contribution in [0.15, 0.2) is 18.2 Å². The lowest BCUT2D eigenvalue weighted by atomic mass is 10.1. The van der Waals surface area contributed by atoms with Crippen LogP contribution in [-0.4, -0.2) is 41.9 Å². The molecule has 1 N–H and O–H groups in total. The van der Waals surface area contributed by atoms with E-state index in [1.807, 2.05) is 24.8 Å². The van der Waals surface area contributed by atoms with Crippen molar-refractivity contribution in [2.24, 2.45) is 0 Å². The van der Waals surface area contributed by atoms with Crippen LogP contribution in [0.4, 0.5) is 11.4 Å². The SMILES string of the molecule is Cc1ccc([N+](=O)[O-])c(N2CC(CO)OCC2C)c1. The summed E-state index contributed by atoms with van der Waals surface area (Å²) < 4.78 is 5.46. The van der Waals surface area contributed by atoms with E-state index in [9.17, 15) is 15.2 Å². The van der Waals surface area contributed by atoms with Crippen molar-refractivity contribution >= 4 is 11.4 Å². The van der Waals surface area contributed by atoms with E-state index in [1.165, 1.54) is 6.07 Å². The third-order valence-electron chi connectivity index (χ3n) is 3.35. The average Bonchev–Trinajstić information content (AvgIpc) is 2.38. The molecule has 1 fully saturated rings. The molecule has 1 heterocycles. The standard InChI is InChI=1S/C13H18N2O4/c1-9-3-4-12(15(17)18)13(5-9)14-6-11(7-16)19-8-10(14)2/h3-5,10-11,16H,6-8H2,1-2H3. The first-order chi connectivity index (χ1) is 9.02. The molecule has 104 valence electrons. The molecule has 0 aliphatic carbocycles. The van der Waals surface area contributed by atoms with Gasteiger partial charge in [-0.05, 0) is 25.5 Å². The van der Waals surface area contributed by atoms with E-state index in [1.54, 1.807) is 6.07 Å². The van der Waals surface area contributed by atoms with Crippen molar-refractivity contribution in [1.29, 1.82) is 0 Å². The summed E-state index contributed by atoms with van der Waals surface area (Å²) in [6.45, 7) is 4.70. The number of anilines is 1. The molecule has 0 aromatic heterocycles. The molecule has 0 saturated carbocycles. The molecule has 1 aromatic rings. The Bertz CT molecular complexity index is 478. The average molecular weight is 266 g/mol. The van der Waals surface area contributed by atoms with E-state index in [0.29, 0.717) is 18.8 Å². The quantitative estimate of drug-likeness (QED) is 0.662. The number of benzene rings is 1. The zero-order chi connectivity index (χ0) is 14.0. The highest BCUT2D eigenvalue weighted by molar-refractivity contribution is 5.65. The number of hydrogen-bond acceptors (Lipinski definition) is 5. The van der Waals surface area contributed by atoms with Crippen molar-refractivity contribution in [3.63, 3.8) is 0 Å². The maximum Gasteiger partial charge on any atom is 0.292 e. The van der Waals surface area contributed by atoms with Gasteiger partial charge in [0.1, 0.15) is 5.69 Å². The Morgan fingerprint density at radius 2 is 2.32 bits per heavy atom. The van der Waals surface area contributed by atoms with Gasteiger partial charge in [0, 0.05) is 18.7 Å². The van der Waals surface area contributed by atoms with Crippen LogP contribution in [-0.2, 0) is 4.74 Å². The van der Waals surface area contributed by atoms with Crippen LogP contribution in [0.1, 0.15) is 12.5 Å². The Morgan fingerprint density at radius 1 is 1.58 bits per heavy atom. The molecular weight excluding hydrogens is 248 g/mol. The molecule has 0 bridgehead atoms. The Morgan fingerprint density at radius 3 is 2.95 bits per heavy atom. The second kappa shape index (κ2) is 5.54. The van der Waals surface area contributed by atoms with Gasteiger partial charge in [-0.3, -0.25) is 10.1 Å². The number of ether oxygens (including phenoxy) is 1. The molecule has 1 saturated heterocycles. The van der Waals surface area contributed by atoms with Crippen molar-refractivity contribution in [1.82, 2.24) is 0 Å². The highest BCUT2D eigenvalue weighted by Crippen LogP contribution is 2.32. The fourth-order valence-corrected chi connectivity index (χ4v) is 2.28. The van der Waals surface area contributed by atoms with Gasteiger partial charge in [0.2, 0.25) is 0 Å². The van der Waals surface area contributed by atoms with Gasteiger partial charge < -0.3 is 14.7 Å². The molecule has 2 atom stereocenters. The second-order valence-electron chi connectivity index (χ2n) is 4.89. The number of aliphatic hydroxyl groups excluding tert-OH is 1. The van der Waals surface area contributed by atoms with E-state index in [-0.39, 0.29) is 29.4 Å². The molecule has 0 spiro atoms. The van der Waals surface area contributed by atoms with Crippen molar-refractivity contribution in [2.45, 2.75) is 26.0 Å². The minimum atomic E-state index is -0.370. The Balaban J connectivity index is 2.38. The van der Waals surface area contributed by atoms with Gasteiger partial charge in [0.15, 0.2) is 0 Å². The van der Waals surface area contributed by atoms with Crippen LogP contribution >= 0.6 is 0 Å². The predicted octanol–water partition coefficient (Wildman–Crippen LogP) is 1.49. The lowest BCUT2D eigenvalue weighted by Gasteiger charge is -2.38. The maximum absolute atomic E-state index is 11.1. The lowest BCUT2D eigenvalue weighted by molar-refractivity contribution is -0.384. The number of nitrogens with zero attached hydrogens (tertiary/aromatic N) is 2. The first kappa shape index (κ1) is 13.8. The van der Waals surface area contributed by atoms with Gasteiger partial charge in [-0.2, -0.15) is 0 Å². The van der Waals surface area contributed by atoms with Crippen LogP contribution in [0.3, 0.4) is 0 Å². The summed E-state index contributed by atoms with van der Waals surface area (Å²) in [7, 11) is 0. The van der Waals surface area contributed by atoms with Gasteiger partial charge in [-0.1, -0.05) is 6.07 Å². The Kier molecular flexibility index (Phi) is 4.01. The van der Waals surface area contributed by atoms with Gasteiger partial charge >= 0.3 is 0 Å². The normalized spacial score (nSPS) is 23.4. The smallest absolute Gasteiger partial charge is 0.292 e. The summed E-state index contributed by atoms with van der Waals surface area (Å²) >= 11 is 0. The van der Waals surface area contributed by atoms with E-state index >= 15 is 0 Å². The lowest BCUT2D eigenvalue weighted by Crippen LogP contribution is -2.49. The third-order valence-corrected chi connectivity index (χ3v) is 3.35. The molecule has 0 amide bonds. The van der Waals surface area contributed by atoms with Gasteiger partial charge in [-0.25, -0.2) is 0 Å². The molecule has 6 heteroatoms. The van der Waals surface area contributed by atoms with Crippen molar-refractivity contribution < 1.29 is 14.8 Å². The monoisotopic (exact) mass is 266 g/mol. The van der Waals surface area contributed by atoms with Crippen molar-refractivity contribution in [3.8, 4) is 0 Å². The third kappa shape index (κ3) is 2.85. The number of nitro groups is 1. The summed E-state index contributed by atoms with van der Waals surface area (Å²) in [6, 6.07) is 5.12. The maximum atomic E-state index is 11.1. The van der Waals surface area contributed by atoms with Crippen molar-refractivity contribution in [2.75, 3.05) is 24.7 Å². The van der Waals surface area contributed by atoms with E-state index < -0.39 is 0 Å². The number of hydrogen-bond donors (Lipinski definition) is 1. The van der Waals surface area contributed by atoms with Crippen LogP contribution in [0.2, 0.25) is 0 Å². The number of aryl methyl sites for hydroxylation is 1. The second-order valence-corrected chi connectivity index (χ2v) is 4.89. The molecule has 2 rings (SSSR count). The molecule has 1 aromatic carbocycles. The number of morpholine rings is 1. The van der Waals surface area contributed by atoms with Gasteiger partial charge in [0.05, 0.1) is 24.2 Å². The van der Waals surface area contributed by atoms with Crippen LogP contribution in [0.5, 0.6) is 0 Å². The molecule has 19 heavy (non-hydrogen) atoms. The minimum Gasteiger partial charge on any atom is -0.394 e. The highest BCUT2D eigenvalue weighted by atomic mass is 16.6. The summed E-state index contributed by atoms with van der Waals surface area (Å²) in [6.07, 6.45) is -0.295. The molecule has 1 aliphatic heterocycles. The fraction of sp³-hybridized carbons (Fsp3) is 0.538. The number of rotatable bonds is 3. The molecule has 6 nitrogen and oxygen atoms in total. The van der Waals surface area contributed by atoms with E-state index in [2.05, 4.69) is 0 Å². The van der Waals surface area contributed by atoms with Gasteiger partial charge in [-0.15, -0.1) is 0 Å². The zero-order valence-electron chi connectivity index (χ0n) is 11.1. The van der Waals surface area contributed by atoms with Gasteiger partial charge in [0.25, 0.3) is 5.69 Å². The molecule has 2 unspecified atom stereocenters. The van der Waals surface area contributed by atoms with Crippen LogP contribution < -0.4 is 4.90 Å². The summed E-state index contributed by atoms with van der Waals surface area (Å²) in [5.74, 6) is 0. The van der Waals surface area contributed by atoms with Crippen LogP contribution in [0.25, 0.3) is 0 Å². The number of aliphatic hydroxyl groups is 1. The predicted molar refractivity (Wildman–Crippen MR) is 71.5 cm³/mol. The minimum absolute atomic E-state index is 0.0447. The fourth-order valence-electron chi connectivity index (χ4n) is 2.28. The molecule has 0 radical (unpaired) electrons. The van der Waals surface area contributed by atoms with Crippen molar-refractivity contribution in [3.05, 3.63) is 33.9 Å². The first-order valence-corrected chi connectivity index (χ1v) is 6.27. The summed E-state index contributed by atoms with van der Waals surface area (Å²) in [4.78, 5) is 12.7. The zero-order valence-corrected chi connectivity index (χ0v) is 11.1. The molecular formula is C13H18N2O4. The van der Waals surface area contributed by atoms with E-state index in [0.717, 1.165) is 5.56 Å². The number of nitro benzene ring substituents is 1. The van der Waals surface area contributed by atoms with Crippen LogP contribution in [0, 0.1) is 17.0 Å². The first-order valence-electron chi connectivity index (χ1n) is 6.27. The summed E-state index contributed by atoms with van der Waals surface area (Å²) in [5, 5.41) is 20.3. The topological polar surface area (TPSA) is 75.8 Å². The molecule has 1 aliphatic rings. The summed E-state index contributed by atoms with van der Waals surface area (Å²) in [5.41, 5.74) is 1.66. The Labute approximate surface area is 111 Å². The highest BCUT2D eigenvalue weighted by Gasteiger charge is 2.30. The largest absolute Gasteiger partial charge is 0.394 e. The van der Waals surface area contributed by atoms with E-state index in [4.69, 9.17) is 4.74 Å².